The Bertz CT molecular complexity index is 392. The van der Waals surface area contributed by atoms with Gasteiger partial charge in [0.1, 0.15) is 6.04 Å². The maximum atomic E-state index is 12.1. The summed E-state index contributed by atoms with van der Waals surface area (Å²) in [6.07, 6.45) is 0.0648. The molecule has 2 atom stereocenters. The Hall–Kier alpha value is -1.47. The summed E-state index contributed by atoms with van der Waals surface area (Å²) in [5.41, 5.74) is 0. The minimum Gasteiger partial charge on any atom is -0.342 e. The van der Waals surface area contributed by atoms with E-state index in [0.29, 0.717) is 0 Å². The van der Waals surface area contributed by atoms with Crippen LogP contribution >= 0.6 is 0 Å². The Morgan fingerprint density at radius 2 is 2.00 bits per heavy atom. The zero-order chi connectivity index (χ0) is 14.0. The van der Waals surface area contributed by atoms with E-state index in [1.807, 2.05) is 6.92 Å². The average Bonchev–Trinajstić information content (AvgIpc) is 2.66. The van der Waals surface area contributed by atoms with Crippen LogP contribution in [0.3, 0.4) is 0 Å². The quantitative estimate of drug-likeness (QED) is 0.588. The minimum atomic E-state index is -0.699. The maximum absolute atomic E-state index is 12.1. The number of nitrogens with one attached hydrogen (secondary N) is 2. The van der Waals surface area contributed by atoms with E-state index in [4.69, 9.17) is 0 Å². The number of imide groups is 1. The first-order valence-corrected chi connectivity index (χ1v) is 6.56. The molecule has 106 valence electrons. The summed E-state index contributed by atoms with van der Waals surface area (Å²) in [6, 6.07) is -0.980. The smallest absolute Gasteiger partial charge is 0.252 e. The molecule has 0 aromatic rings. The largest absolute Gasteiger partial charge is 0.342 e. The van der Waals surface area contributed by atoms with Crippen LogP contribution in [0.1, 0.15) is 13.3 Å². The lowest BCUT2D eigenvalue weighted by Crippen LogP contribution is -2.54. The van der Waals surface area contributed by atoms with Crippen molar-refractivity contribution in [2.75, 3.05) is 33.2 Å². The predicted molar refractivity (Wildman–Crippen MR) is 68.2 cm³/mol. The van der Waals surface area contributed by atoms with E-state index in [1.54, 1.807) is 0 Å². The third kappa shape index (κ3) is 2.93. The van der Waals surface area contributed by atoms with Crippen molar-refractivity contribution in [3.63, 3.8) is 0 Å². The fourth-order valence-electron chi connectivity index (χ4n) is 2.40. The summed E-state index contributed by atoms with van der Waals surface area (Å²) in [5, 5.41) is 5.89. The topological polar surface area (TPSA) is 81.8 Å². The number of likely N-dealkylation sites (tertiary alicyclic amines) is 1. The molecule has 2 rings (SSSR count). The molecule has 2 aliphatic rings. The van der Waals surface area contributed by atoms with Gasteiger partial charge in [-0.05, 0) is 6.92 Å². The number of carbonyl (C=O) groups is 3. The van der Waals surface area contributed by atoms with E-state index in [1.165, 1.54) is 7.05 Å². The SMILES string of the molecule is CC(C(=O)NC1CC(=O)N(C)C1=O)N1CCNCC1. The lowest BCUT2D eigenvalue weighted by molar-refractivity contribution is -0.138. The fourth-order valence-corrected chi connectivity index (χ4v) is 2.40. The molecule has 0 bridgehead atoms. The van der Waals surface area contributed by atoms with Crippen LogP contribution in [0.2, 0.25) is 0 Å². The Labute approximate surface area is 112 Å². The number of hydrogen-bond donors (Lipinski definition) is 2. The third-order valence-corrected chi connectivity index (χ3v) is 3.78. The van der Waals surface area contributed by atoms with Crippen molar-refractivity contribution >= 4 is 17.7 Å². The summed E-state index contributed by atoms with van der Waals surface area (Å²) in [5.74, 6) is -0.765. The van der Waals surface area contributed by atoms with Crippen molar-refractivity contribution in [1.82, 2.24) is 20.4 Å². The van der Waals surface area contributed by atoms with Gasteiger partial charge in [-0.1, -0.05) is 0 Å². The normalized spacial score (nSPS) is 26.6. The molecule has 3 amide bonds. The van der Waals surface area contributed by atoms with Crippen LogP contribution in [0.4, 0.5) is 0 Å². The minimum absolute atomic E-state index is 0.0648. The van der Waals surface area contributed by atoms with Crippen LogP contribution < -0.4 is 10.6 Å². The van der Waals surface area contributed by atoms with Gasteiger partial charge in [-0.25, -0.2) is 0 Å². The van der Waals surface area contributed by atoms with Crippen LogP contribution in [0, 0.1) is 0 Å². The monoisotopic (exact) mass is 268 g/mol. The zero-order valence-corrected chi connectivity index (χ0v) is 11.3. The first kappa shape index (κ1) is 14.0. The molecule has 0 aromatic heterocycles. The van der Waals surface area contributed by atoms with Crippen molar-refractivity contribution in [3.8, 4) is 0 Å². The third-order valence-electron chi connectivity index (χ3n) is 3.78. The van der Waals surface area contributed by atoms with Gasteiger partial charge in [0.2, 0.25) is 11.8 Å². The van der Waals surface area contributed by atoms with E-state index in [9.17, 15) is 14.4 Å². The van der Waals surface area contributed by atoms with E-state index in [0.717, 1.165) is 31.1 Å². The van der Waals surface area contributed by atoms with Gasteiger partial charge in [0, 0.05) is 33.2 Å². The highest BCUT2D eigenvalue weighted by Gasteiger charge is 2.38. The van der Waals surface area contributed by atoms with E-state index in [2.05, 4.69) is 15.5 Å². The Morgan fingerprint density at radius 3 is 2.53 bits per heavy atom. The molecule has 7 nitrogen and oxygen atoms in total. The number of nitrogens with zero attached hydrogens (tertiary/aromatic N) is 2. The van der Waals surface area contributed by atoms with Gasteiger partial charge in [-0.15, -0.1) is 0 Å². The van der Waals surface area contributed by atoms with Crippen LogP contribution in [0.15, 0.2) is 0 Å². The number of rotatable bonds is 3. The molecular weight excluding hydrogens is 248 g/mol. The van der Waals surface area contributed by atoms with Gasteiger partial charge in [-0.2, -0.15) is 0 Å². The zero-order valence-electron chi connectivity index (χ0n) is 11.3. The molecular formula is C12H20N4O3. The van der Waals surface area contributed by atoms with Gasteiger partial charge in [-0.3, -0.25) is 24.2 Å². The lowest BCUT2D eigenvalue weighted by Gasteiger charge is -2.32. The van der Waals surface area contributed by atoms with Gasteiger partial charge >= 0.3 is 0 Å². The molecule has 2 N–H and O–H groups in total. The highest BCUT2D eigenvalue weighted by Crippen LogP contribution is 2.11. The molecule has 0 saturated carbocycles. The number of hydrogen-bond acceptors (Lipinski definition) is 5. The fraction of sp³-hybridized carbons (Fsp3) is 0.750. The summed E-state index contributed by atoms with van der Waals surface area (Å²) < 4.78 is 0. The first-order chi connectivity index (χ1) is 9.00. The van der Waals surface area contributed by atoms with Crippen LogP contribution in [0.5, 0.6) is 0 Å². The second-order valence-corrected chi connectivity index (χ2v) is 5.02. The summed E-state index contributed by atoms with van der Waals surface area (Å²) in [4.78, 5) is 38.3. The molecule has 19 heavy (non-hydrogen) atoms. The molecule has 7 heteroatoms. The molecule has 2 fully saturated rings. The Morgan fingerprint density at radius 1 is 1.37 bits per heavy atom. The van der Waals surface area contributed by atoms with E-state index < -0.39 is 6.04 Å². The van der Waals surface area contributed by atoms with Crippen molar-refractivity contribution in [2.45, 2.75) is 25.4 Å². The summed E-state index contributed by atoms with van der Waals surface area (Å²) >= 11 is 0. The summed E-state index contributed by atoms with van der Waals surface area (Å²) in [7, 11) is 1.44. The second-order valence-electron chi connectivity index (χ2n) is 5.02. The van der Waals surface area contributed by atoms with Crippen molar-refractivity contribution < 1.29 is 14.4 Å². The van der Waals surface area contributed by atoms with Crippen LogP contribution in [-0.2, 0) is 14.4 Å². The molecule has 2 saturated heterocycles. The van der Waals surface area contributed by atoms with Gasteiger partial charge in [0.25, 0.3) is 5.91 Å². The Kier molecular flexibility index (Phi) is 4.16. The molecule has 0 aliphatic carbocycles. The van der Waals surface area contributed by atoms with Crippen LogP contribution in [0.25, 0.3) is 0 Å². The molecule has 2 aliphatic heterocycles. The maximum Gasteiger partial charge on any atom is 0.252 e. The standard InChI is InChI=1S/C12H20N4O3/c1-8(16-5-3-13-4-6-16)11(18)14-9-7-10(17)15(2)12(9)19/h8-9,13H,3-7H2,1-2H3,(H,14,18). The van der Waals surface area contributed by atoms with Gasteiger partial charge < -0.3 is 10.6 Å². The second kappa shape index (κ2) is 5.66. The number of likely N-dealkylation sites (N-methyl/N-ethyl adjacent to an activating group) is 1. The highest BCUT2D eigenvalue weighted by atomic mass is 16.2. The van der Waals surface area contributed by atoms with Crippen molar-refractivity contribution in [3.05, 3.63) is 0 Å². The molecule has 0 radical (unpaired) electrons. The highest BCUT2D eigenvalue weighted by molar-refractivity contribution is 6.06. The first-order valence-electron chi connectivity index (χ1n) is 6.56. The molecule has 2 unspecified atom stereocenters. The number of amides is 3. The van der Waals surface area contributed by atoms with Gasteiger partial charge in [0.15, 0.2) is 0 Å². The molecule has 0 spiro atoms. The van der Waals surface area contributed by atoms with Gasteiger partial charge in [0.05, 0.1) is 12.5 Å². The summed E-state index contributed by atoms with van der Waals surface area (Å²) in [6.45, 7) is 5.17. The van der Waals surface area contributed by atoms with Crippen LogP contribution in [-0.4, -0.2) is 72.8 Å². The molecule has 0 aromatic carbocycles. The van der Waals surface area contributed by atoms with E-state index >= 15 is 0 Å². The van der Waals surface area contributed by atoms with Crippen molar-refractivity contribution in [2.24, 2.45) is 0 Å². The average molecular weight is 268 g/mol. The molecule has 2 heterocycles. The lowest BCUT2D eigenvalue weighted by atomic mass is 10.2. The van der Waals surface area contributed by atoms with E-state index in [-0.39, 0.29) is 30.2 Å². The number of carbonyl (C=O) groups excluding carboxylic acids is 3. The Balaban J connectivity index is 1.90. The number of piperazine rings is 1. The van der Waals surface area contributed by atoms with Crippen molar-refractivity contribution in [1.29, 1.82) is 0 Å². The predicted octanol–water partition coefficient (Wildman–Crippen LogP) is -1.85.